The Bertz CT molecular complexity index is 749. The zero-order valence-electron chi connectivity index (χ0n) is 15.0. The van der Waals surface area contributed by atoms with Gasteiger partial charge in [-0.1, -0.05) is 16.9 Å². The van der Waals surface area contributed by atoms with Crippen LogP contribution in [0.1, 0.15) is 36.9 Å². The number of carbonyl (C=O) groups excluding carboxylic acids is 1. The number of aryl methyl sites for hydroxylation is 2. The Morgan fingerprint density at radius 3 is 2.92 bits per heavy atom. The number of anilines is 1. The molecule has 1 saturated heterocycles. The van der Waals surface area contributed by atoms with Gasteiger partial charge in [0.05, 0.1) is 23.6 Å². The Morgan fingerprint density at radius 1 is 1.48 bits per heavy atom. The van der Waals surface area contributed by atoms with Crippen molar-refractivity contribution in [2.24, 2.45) is 0 Å². The van der Waals surface area contributed by atoms with E-state index in [1.165, 1.54) is 11.8 Å². The van der Waals surface area contributed by atoms with Crippen molar-refractivity contribution in [1.82, 2.24) is 14.7 Å². The molecule has 0 spiro atoms. The maximum absolute atomic E-state index is 12.4. The molecule has 0 aliphatic carbocycles. The van der Waals surface area contributed by atoms with Gasteiger partial charge < -0.3 is 19.1 Å². The monoisotopic (exact) mass is 364 g/mol. The van der Waals surface area contributed by atoms with Crippen molar-refractivity contribution in [3.63, 3.8) is 0 Å². The van der Waals surface area contributed by atoms with E-state index in [-0.39, 0.29) is 17.3 Å². The van der Waals surface area contributed by atoms with Crippen LogP contribution in [-0.2, 0) is 16.1 Å². The van der Waals surface area contributed by atoms with Crippen molar-refractivity contribution in [3.8, 4) is 0 Å². The van der Waals surface area contributed by atoms with Crippen LogP contribution in [0.15, 0.2) is 15.7 Å². The second-order valence-electron chi connectivity index (χ2n) is 6.38. The largest absolute Gasteiger partial charge is 0.376 e. The molecule has 0 radical (unpaired) electrons. The van der Waals surface area contributed by atoms with Gasteiger partial charge in [-0.15, -0.1) is 0 Å². The van der Waals surface area contributed by atoms with Crippen LogP contribution in [0, 0.1) is 20.8 Å². The van der Waals surface area contributed by atoms with Crippen molar-refractivity contribution >= 4 is 23.5 Å². The normalized spacial score (nSPS) is 18.5. The molecule has 0 aromatic carbocycles. The number of nitrogens with zero attached hydrogens (tertiary/aromatic N) is 3. The Balaban J connectivity index is 1.68. The lowest BCUT2D eigenvalue weighted by Gasteiger charge is -2.16. The van der Waals surface area contributed by atoms with Gasteiger partial charge in [-0.3, -0.25) is 4.79 Å². The van der Waals surface area contributed by atoms with Crippen LogP contribution >= 0.6 is 11.8 Å². The third kappa shape index (κ3) is 4.24. The highest BCUT2D eigenvalue weighted by molar-refractivity contribution is 8.00. The summed E-state index contributed by atoms with van der Waals surface area (Å²) in [6, 6.07) is 1.70. The molecule has 0 saturated carbocycles. The minimum absolute atomic E-state index is 0.125. The topological polar surface area (TPSA) is 82.2 Å². The minimum Gasteiger partial charge on any atom is -0.376 e. The summed E-state index contributed by atoms with van der Waals surface area (Å²) >= 11 is 1.45. The Morgan fingerprint density at radius 2 is 2.28 bits per heavy atom. The van der Waals surface area contributed by atoms with Gasteiger partial charge in [0, 0.05) is 18.4 Å². The molecule has 1 N–H and O–H groups in total. The summed E-state index contributed by atoms with van der Waals surface area (Å²) in [5.41, 5.74) is 2.11. The highest BCUT2D eigenvalue weighted by Crippen LogP contribution is 2.27. The molecule has 2 aromatic heterocycles. The fraction of sp³-hybridized carbons (Fsp3) is 0.588. The average molecular weight is 364 g/mol. The van der Waals surface area contributed by atoms with Gasteiger partial charge in [-0.25, -0.2) is 4.98 Å². The van der Waals surface area contributed by atoms with Crippen LogP contribution in [0.25, 0.3) is 0 Å². The predicted octanol–water partition coefficient (Wildman–Crippen LogP) is 3.09. The zero-order valence-corrected chi connectivity index (χ0v) is 15.9. The lowest BCUT2D eigenvalue weighted by molar-refractivity contribution is -0.115. The molecular formula is C17H24N4O3S. The first-order valence-corrected chi connectivity index (χ1v) is 9.38. The summed E-state index contributed by atoms with van der Waals surface area (Å²) in [7, 11) is 0. The highest BCUT2D eigenvalue weighted by Gasteiger charge is 2.23. The standard InChI is InChI=1S/C17H24N4O3S/c1-10-8-15(20-24-10)19-16(22)13(4)25-17-18-11(2)12(3)21(17)9-14-6-5-7-23-14/h8,13-14H,5-7,9H2,1-4H3,(H,19,20,22)/t13-,14-/m1/s1. The summed E-state index contributed by atoms with van der Waals surface area (Å²) < 4.78 is 12.9. The SMILES string of the molecule is Cc1cc(NC(=O)[C@@H](C)Sc2nc(C)c(C)n2C[C@H]2CCCO2)no1. The number of thioether (sulfide) groups is 1. The van der Waals surface area contributed by atoms with E-state index in [9.17, 15) is 4.79 Å². The van der Waals surface area contributed by atoms with E-state index in [2.05, 4.69) is 26.9 Å². The van der Waals surface area contributed by atoms with Crippen LogP contribution < -0.4 is 5.32 Å². The van der Waals surface area contributed by atoms with Crippen LogP contribution in [0.3, 0.4) is 0 Å². The molecule has 0 unspecified atom stereocenters. The second kappa shape index (κ2) is 7.61. The minimum atomic E-state index is -0.304. The first kappa shape index (κ1) is 18.0. The number of nitrogens with one attached hydrogen (secondary N) is 1. The fourth-order valence-corrected chi connectivity index (χ4v) is 3.80. The number of hydrogen-bond donors (Lipinski definition) is 1. The van der Waals surface area contributed by atoms with Gasteiger partial charge in [-0.05, 0) is 40.5 Å². The molecule has 1 aliphatic heterocycles. The predicted molar refractivity (Wildman–Crippen MR) is 95.9 cm³/mol. The summed E-state index contributed by atoms with van der Waals surface area (Å²) in [5.74, 6) is 0.972. The molecule has 2 atom stereocenters. The van der Waals surface area contributed by atoms with Gasteiger partial charge in [0.25, 0.3) is 0 Å². The van der Waals surface area contributed by atoms with Crippen molar-refractivity contribution in [3.05, 3.63) is 23.2 Å². The number of hydrogen-bond acceptors (Lipinski definition) is 6. The van der Waals surface area contributed by atoms with Crippen LogP contribution in [-0.4, -0.2) is 38.6 Å². The van der Waals surface area contributed by atoms with Gasteiger partial charge in [0.15, 0.2) is 11.0 Å². The molecule has 1 amide bonds. The Labute approximate surface area is 151 Å². The zero-order chi connectivity index (χ0) is 18.0. The van der Waals surface area contributed by atoms with E-state index in [1.807, 2.05) is 13.8 Å². The molecular weight excluding hydrogens is 340 g/mol. The van der Waals surface area contributed by atoms with Crippen LogP contribution in [0.2, 0.25) is 0 Å². The van der Waals surface area contributed by atoms with Gasteiger partial charge in [0.1, 0.15) is 5.76 Å². The summed E-state index contributed by atoms with van der Waals surface area (Å²) in [5, 5.41) is 7.11. The summed E-state index contributed by atoms with van der Waals surface area (Å²) in [6.07, 6.45) is 2.41. The van der Waals surface area contributed by atoms with E-state index in [1.54, 1.807) is 13.0 Å². The first-order chi connectivity index (χ1) is 11.9. The average Bonchev–Trinajstić information content (AvgIpc) is 3.27. The van der Waals surface area contributed by atoms with Gasteiger partial charge in [-0.2, -0.15) is 0 Å². The van der Waals surface area contributed by atoms with Crippen LogP contribution in [0.4, 0.5) is 5.82 Å². The lowest BCUT2D eigenvalue weighted by Crippen LogP contribution is -2.24. The molecule has 0 bridgehead atoms. The van der Waals surface area contributed by atoms with Crippen molar-refractivity contribution < 1.29 is 14.1 Å². The first-order valence-electron chi connectivity index (χ1n) is 8.50. The van der Waals surface area contributed by atoms with E-state index in [4.69, 9.17) is 9.26 Å². The fourth-order valence-electron chi connectivity index (χ4n) is 2.79. The maximum Gasteiger partial charge on any atom is 0.238 e. The summed E-state index contributed by atoms with van der Waals surface area (Å²) in [4.78, 5) is 17.0. The van der Waals surface area contributed by atoms with E-state index in [0.29, 0.717) is 11.6 Å². The van der Waals surface area contributed by atoms with Crippen molar-refractivity contribution in [1.29, 1.82) is 0 Å². The maximum atomic E-state index is 12.4. The molecule has 1 aliphatic rings. The molecule has 2 aromatic rings. The third-order valence-corrected chi connectivity index (χ3v) is 5.45. The van der Waals surface area contributed by atoms with Crippen LogP contribution in [0.5, 0.6) is 0 Å². The number of aromatic nitrogens is 3. The molecule has 136 valence electrons. The smallest absolute Gasteiger partial charge is 0.238 e. The summed E-state index contributed by atoms with van der Waals surface area (Å²) in [6.45, 7) is 9.32. The quantitative estimate of drug-likeness (QED) is 0.793. The molecule has 8 heteroatoms. The number of imidazole rings is 1. The Kier molecular flexibility index (Phi) is 5.48. The molecule has 1 fully saturated rings. The lowest BCUT2D eigenvalue weighted by atomic mass is 10.2. The second-order valence-corrected chi connectivity index (χ2v) is 7.69. The van der Waals surface area contributed by atoms with E-state index < -0.39 is 0 Å². The molecule has 25 heavy (non-hydrogen) atoms. The Hall–Kier alpha value is -1.80. The number of amides is 1. The molecule has 3 heterocycles. The van der Waals surface area contributed by atoms with Gasteiger partial charge >= 0.3 is 0 Å². The number of rotatable bonds is 6. The van der Waals surface area contributed by atoms with Gasteiger partial charge in [0.2, 0.25) is 5.91 Å². The third-order valence-electron chi connectivity index (χ3n) is 4.36. The number of carbonyl (C=O) groups is 1. The number of ether oxygens (including phenoxy) is 1. The molecule has 7 nitrogen and oxygen atoms in total. The van der Waals surface area contributed by atoms with E-state index >= 15 is 0 Å². The van der Waals surface area contributed by atoms with E-state index in [0.717, 1.165) is 42.5 Å². The highest BCUT2D eigenvalue weighted by atomic mass is 32.2. The molecule has 3 rings (SSSR count). The van der Waals surface area contributed by atoms with Crippen molar-refractivity contribution in [2.75, 3.05) is 11.9 Å². The van der Waals surface area contributed by atoms with Crippen molar-refractivity contribution in [2.45, 2.75) is 63.6 Å².